The van der Waals surface area contributed by atoms with Crippen molar-refractivity contribution in [2.45, 2.75) is 123 Å². The summed E-state index contributed by atoms with van der Waals surface area (Å²) >= 11 is 0. The quantitative estimate of drug-likeness (QED) is 0.482. The molecule has 5 saturated carbocycles. The number of hydrogen-bond donors (Lipinski definition) is 2. The van der Waals surface area contributed by atoms with Crippen LogP contribution in [0.25, 0.3) is 0 Å². The van der Waals surface area contributed by atoms with E-state index in [-0.39, 0.29) is 51.4 Å². The molecular formula is C31H49NO6. The van der Waals surface area contributed by atoms with Gasteiger partial charge in [-0.15, -0.1) is 0 Å². The fourth-order valence-electron chi connectivity index (χ4n) is 12.3. The minimum Gasteiger partial charge on any atom is -0.469 e. The molecule has 38 heavy (non-hydrogen) atoms. The van der Waals surface area contributed by atoms with Crippen molar-refractivity contribution in [1.29, 1.82) is 0 Å². The van der Waals surface area contributed by atoms with Crippen LogP contribution in [-0.4, -0.2) is 48.7 Å². The van der Waals surface area contributed by atoms with E-state index in [1.165, 1.54) is 20.0 Å². The van der Waals surface area contributed by atoms with Crippen molar-refractivity contribution in [3.63, 3.8) is 0 Å². The Morgan fingerprint density at radius 3 is 2.39 bits per heavy atom. The summed E-state index contributed by atoms with van der Waals surface area (Å²) in [5.74, 6) is 1.56. The van der Waals surface area contributed by atoms with Gasteiger partial charge >= 0.3 is 12.1 Å². The maximum absolute atomic E-state index is 12.2. The van der Waals surface area contributed by atoms with Crippen LogP contribution in [-0.2, 0) is 19.0 Å². The van der Waals surface area contributed by atoms with Gasteiger partial charge in [0.25, 0.3) is 0 Å². The summed E-state index contributed by atoms with van der Waals surface area (Å²) in [5, 5.41) is 12.2. The minimum absolute atomic E-state index is 0.00866. The van der Waals surface area contributed by atoms with Crippen LogP contribution in [0.4, 0.5) is 4.79 Å². The van der Waals surface area contributed by atoms with E-state index in [0.29, 0.717) is 36.5 Å². The zero-order chi connectivity index (χ0) is 27.5. The van der Waals surface area contributed by atoms with Gasteiger partial charge in [-0.3, -0.25) is 4.79 Å². The lowest BCUT2D eigenvalue weighted by molar-refractivity contribution is -0.182. The Kier molecular flexibility index (Phi) is 5.90. The van der Waals surface area contributed by atoms with Crippen LogP contribution in [0.15, 0.2) is 0 Å². The molecule has 6 fully saturated rings. The Labute approximate surface area is 227 Å². The molecule has 0 bridgehead atoms. The number of rotatable bonds is 4. The van der Waals surface area contributed by atoms with Crippen molar-refractivity contribution in [2.24, 2.45) is 56.5 Å². The first kappa shape index (κ1) is 26.9. The number of fused-ring (bicyclic) bond motifs is 4. The maximum Gasteiger partial charge on any atom is 0.404 e. The monoisotopic (exact) mass is 531 g/mol. The van der Waals surface area contributed by atoms with Crippen LogP contribution in [0.1, 0.15) is 98.8 Å². The number of methoxy groups -OCH3 is 1. The molecule has 5 aliphatic carbocycles. The smallest absolute Gasteiger partial charge is 0.404 e. The van der Waals surface area contributed by atoms with Gasteiger partial charge in [0, 0.05) is 17.3 Å². The van der Waals surface area contributed by atoms with Crippen LogP contribution in [0.3, 0.4) is 0 Å². The lowest BCUT2D eigenvalue weighted by Crippen LogP contribution is -2.60. The highest BCUT2D eigenvalue weighted by atomic mass is 16.6. The second-order valence-corrected chi connectivity index (χ2v) is 15.2. The molecule has 1 heterocycles. The first-order valence-corrected chi connectivity index (χ1v) is 15.1. The fraction of sp³-hybridized carbons (Fsp3) is 0.935. The number of nitrogens with two attached hydrogens (primary N) is 1. The third-order valence-corrected chi connectivity index (χ3v) is 14.0. The SMILES string of the molecule is COC(=O)CCC1C[C@@H](C)C2C(O1)[C@H](O)C1(C)[C@@H]3CC[C@H]4C(C)(C)[C@@H](OC(N)=O)CC[C@@]45CC35CC[C@]21C. The summed E-state index contributed by atoms with van der Waals surface area (Å²) in [4.78, 5) is 23.5. The molecule has 1 saturated heterocycles. The summed E-state index contributed by atoms with van der Waals surface area (Å²) in [6.07, 6.45) is 8.30. The molecule has 1 aliphatic heterocycles. The summed E-state index contributed by atoms with van der Waals surface area (Å²) in [6.45, 7) is 11.8. The van der Waals surface area contributed by atoms with Gasteiger partial charge in [-0.1, -0.05) is 34.6 Å². The van der Waals surface area contributed by atoms with Gasteiger partial charge in [0.1, 0.15) is 6.10 Å². The van der Waals surface area contributed by atoms with Gasteiger partial charge < -0.3 is 25.1 Å². The van der Waals surface area contributed by atoms with Crippen LogP contribution in [0.2, 0.25) is 0 Å². The first-order valence-electron chi connectivity index (χ1n) is 15.1. The molecule has 0 radical (unpaired) electrons. The van der Waals surface area contributed by atoms with E-state index in [0.717, 1.165) is 38.5 Å². The topological polar surface area (TPSA) is 108 Å². The lowest BCUT2D eigenvalue weighted by Gasteiger charge is -2.63. The van der Waals surface area contributed by atoms with Crippen molar-refractivity contribution in [3.8, 4) is 0 Å². The van der Waals surface area contributed by atoms with Crippen LogP contribution in [0, 0.1) is 50.7 Å². The molecule has 214 valence electrons. The molecule has 0 aromatic rings. The summed E-state index contributed by atoms with van der Waals surface area (Å²) < 4.78 is 17.2. The van der Waals surface area contributed by atoms with Gasteiger partial charge in [-0.2, -0.15) is 0 Å². The molecule has 5 unspecified atom stereocenters. The Hall–Kier alpha value is -1.34. The molecule has 7 heteroatoms. The van der Waals surface area contributed by atoms with Gasteiger partial charge in [0.2, 0.25) is 0 Å². The highest BCUT2D eigenvalue weighted by molar-refractivity contribution is 5.69. The standard InChI is InChI=1S/C31H49NO6/c1-17-15-18(7-10-22(33)36-6)37-24-23(17)28(4)13-14-31-16-30(31)12-11-21(38-26(32)35)27(2,3)19(30)8-9-20(31)29(28,5)25(24)34/h17-21,23-25,34H,7-16H2,1-6H3,(H2,32,35)/t17-,18?,19+,20+,21+,23?,24?,25+,28-,29?,30-,31?/m1/s1. The molecule has 3 N–H and O–H groups in total. The van der Waals surface area contributed by atoms with Crippen molar-refractivity contribution < 1.29 is 28.9 Å². The Bertz CT molecular complexity index is 1010. The average Bonchev–Trinajstić information content (AvgIpc) is 3.49. The van der Waals surface area contributed by atoms with Crippen molar-refractivity contribution in [2.75, 3.05) is 7.11 Å². The van der Waals surface area contributed by atoms with Crippen LogP contribution in [0.5, 0.6) is 0 Å². The van der Waals surface area contributed by atoms with Crippen molar-refractivity contribution in [1.82, 2.24) is 0 Å². The number of amides is 1. The first-order chi connectivity index (χ1) is 17.8. The lowest BCUT2D eigenvalue weighted by atomic mass is 9.41. The van der Waals surface area contributed by atoms with E-state index in [2.05, 4.69) is 34.6 Å². The molecular weight excluding hydrogens is 482 g/mol. The largest absolute Gasteiger partial charge is 0.469 e. The zero-order valence-electron chi connectivity index (χ0n) is 24.3. The number of carbonyl (C=O) groups excluding carboxylic acids is 2. The number of hydrogen-bond acceptors (Lipinski definition) is 6. The predicted octanol–water partition coefficient (Wildman–Crippen LogP) is 5.22. The van der Waals surface area contributed by atoms with E-state index in [1.54, 1.807) is 0 Å². The molecule has 12 atom stereocenters. The third kappa shape index (κ3) is 3.15. The second kappa shape index (κ2) is 8.34. The number of aliphatic hydroxyl groups is 1. The second-order valence-electron chi connectivity index (χ2n) is 15.2. The fourth-order valence-corrected chi connectivity index (χ4v) is 12.3. The number of carbonyl (C=O) groups is 2. The summed E-state index contributed by atoms with van der Waals surface area (Å²) in [7, 11) is 1.43. The molecule has 6 rings (SSSR count). The number of primary amides is 1. The van der Waals surface area contributed by atoms with E-state index in [9.17, 15) is 14.7 Å². The zero-order valence-corrected chi connectivity index (χ0v) is 24.3. The normalized spacial score (nSPS) is 53.9. The predicted molar refractivity (Wildman–Crippen MR) is 142 cm³/mol. The molecule has 7 nitrogen and oxygen atoms in total. The number of ether oxygens (including phenoxy) is 3. The van der Waals surface area contributed by atoms with Crippen LogP contribution < -0.4 is 5.73 Å². The van der Waals surface area contributed by atoms with E-state index < -0.39 is 12.2 Å². The molecule has 2 spiro atoms. The van der Waals surface area contributed by atoms with E-state index in [4.69, 9.17) is 19.9 Å². The van der Waals surface area contributed by atoms with Gasteiger partial charge in [-0.05, 0) is 97.7 Å². The average molecular weight is 532 g/mol. The Morgan fingerprint density at radius 1 is 1.03 bits per heavy atom. The van der Waals surface area contributed by atoms with E-state index >= 15 is 0 Å². The molecule has 0 aromatic heterocycles. The highest BCUT2D eigenvalue weighted by Crippen LogP contribution is 2.89. The van der Waals surface area contributed by atoms with E-state index in [1.807, 2.05) is 0 Å². The molecule has 0 aromatic carbocycles. The molecule has 6 aliphatic rings. The third-order valence-electron chi connectivity index (χ3n) is 14.0. The van der Waals surface area contributed by atoms with Gasteiger partial charge in [-0.25, -0.2) is 4.79 Å². The van der Waals surface area contributed by atoms with Gasteiger partial charge in [0.05, 0.1) is 25.4 Å². The van der Waals surface area contributed by atoms with Crippen molar-refractivity contribution >= 4 is 12.1 Å². The van der Waals surface area contributed by atoms with Crippen molar-refractivity contribution in [3.05, 3.63) is 0 Å². The minimum atomic E-state index is -0.658. The Balaban J connectivity index is 1.29. The summed E-state index contributed by atoms with van der Waals surface area (Å²) in [5.41, 5.74) is 5.73. The maximum atomic E-state index is 12.2. The molecule has 1 amide bonds. The number of aliphatic hydroxyl groups excluding tert-OH is 1. The summed E-state index contributed by atoms with van der Waals surface area (Å²) in [6, 6.07) is 0. The Morgan fingerprint density at radius 2 is 1.71 bits per heavy atom. The van der Waals surface area contributed by atoms with Crippen LogP contribution >= 0.6 is 0 Å². The number of esters is 1. The van der Waals surface area contributed by atoms with Gasteiger partial charge in [0.15, 0.2) is 0 Å². The highest BCUT2D eigenvalue weighted by Gasteiger charge is 2.84.